The first-order valence-electron chi connectivity index (χ1n) is 5.97. The average molecular weight is 254 g/mol. The fourth-order valence-corrected chi connectivity index (χ4v) is 2.18. The first kappa shape index (κ1) is 11.7. The van der Waals surface area contributed by atoms with Crippen LogP contribution in [0.1, 0.15) is 11.1 Å². The number of hydrogen-bond acceptors (Lipinski definition) is 2. The molecule has 2 aromatic carbocycles. The van der Waals surface area contributed by atoms with Gasteiger partial charge in [-0.15, -0.1) is 0 Å². The lowest BCUT2D eigenvalue weighted by atomic mass is 9.97. The van der Waals surface area contributed by atoms with Crippen LogP contribution in [-0.4, -0.2) is 12.6 Å². The second-order valence-corrected chi connectivity index (χ2v) is 4.30. The molecule has 2 aromatic rings. The summed E-state index contributed by atoms with van der Waals surface area (Å²) >= 11 is 0. The van der Waals surface area contributed by atoms with Crippen LogP contribution in [0, 0.1) is 5.82 Å². The number of rotatable bonds is 2. The zero-order valence-corrected chi connectivity index (χ0v) is 10.1. The number of halogens is 1. The van der Waals surface area contributed by atoms with E-state index in [2.05, 4.69) is 0 Å². The summed E-state index contributed by atoms with van der Waals surface area (Å²) in [6, 6.07) is 15.5. The molecule has 0 fully saturated rings. The molecule has 2 nitrogen and oxygen atoms in total. The zero-order chi connectivity index (χ0) is 13.2. The van der Waals surface area contributed by atoms with Gasteiger partial charge in [-0.25, -0.2) is 9.18 Å². The van der Waals surface area contributed by atoms with Crippen LogP contribution in [-0.2, 0) is 9.53 Å². The molecule has 0 saturated heterocycles. The normalized spacial score (nSPS) is 14.7. The third kappa shape index (κ3) is 2.15. The van der Waals surface area contributed by atoms with Gasteiger partial charge in [-0.1, -0.05) is 42.5 Å². The fourth-order valence-electron chi connectivity index (χ4n) is 2.18. The highest BCUT2D eigenvalue weighted by molar-refractivity contribution is 6.27. The van der Waals surface area contributed by atoms with Crippen molar-refractivity contribution in [2.45, 2.75) is 0 Å². The van der Waals surface area contributed by atoms with Crippen molar-refractivity contribution in [2.75, 3.05) is 6.61 Å². The Morgan fingerprint density at radius 3 is 2.26 bits per heavy atom. The van der Waals surface area contributed by atoms with Crippen molar-refractivity contribution >= 4 is 17.1 Å². The van der Waals surface area contributed by atoms with Crippen LogP contribution >= 0.6 is 0 Å². The largest absolute Gasteiger partial charge is 0.457 e. The summed E-state index contributed by atoms with van der Waals surface area (Å²) in [7, 11) is 0. The van der Waals surface area contributed by atoms with Crippen molar-refractivity contribution in [3.63, 3.8) is 0 Å². The van der Waals surface area contributed by atoms with Crippen LogP contribution in [0.5, 0.6) is 0 Å². The van der Waals surface area contributed by atoms with Crippen LogP contribution in [0.3, 0.4) is 0 Å². The monoisotopic (exact) mass is 254 g/mol. The van der Waals surface area contributed by atoms with Gasteiger partial charge in [0.25, 0.3) is 0 Å². The molecule has 94 valence electrons. The van der Waals surface area contributed by atoms with Gasteiger partial charge in [0.15, 0.2) is 0 Å². The molecule has 0 unspecified atom stereocenters. The summed E-state index contributed by atoms with van der Waals surface area (Å²) in [5, 5.41) is 0. The molecule has 0 aromatic heterocycles. The Morgan fingerprint density at radius 1 is 0.895 bits per heavy atom. The van der Waals surface area contributed by atoms with Crippen LogP contribution in [0.15, 0.2) is 54.6 Å². The molecule has 0 N–H and O–H groups in total. The second-order valence-electron chi connectivity index (χ2n) is 4.30. The van der Waals surface area contributed by atoms with Crippen molar-refractivity contribution in [3.05, 3.63) is 71.5 Å². The van der Waals surface area contributed by atoms with Crippen molar-refractivity contribution in [2.24, 2.45) is 0 Å². The molecule has 1 aliphatic rings. The van der Waals surface area contributed by atoms with Gasteiger partial charge in [-0.3, -0.25) is 0 Å². The number of hydrogen-bond donors (Lipinski definition) is 0. The minimum absolute atomic E-state index is 0.231. The van der Waals surface area contributed by atoms with Crippen LogP contribution < -0.4 is 0 Å². The molecular formula is C16H11FO2. The van der Waals surface area contributed by atoms with E-state index in [1.807, 2.05) is 30.3 Å². The lowest BCUT2D eigenvalue weighted by Crippen LogP contribution is -1.98. The molecule has 3 rings (SSSR count). The number of ether oxygens (including phenoxy) is 1. The zero-order valence-electron chi connectivity index (χ0n) is 10.1. The Balaban J connectivity index is 2.13. The number of cyclic esters (lactones) is 1. The molecule has 0 bridgehead atoms. The molecular weight excluding hydrogens is 243 g/mol. The van der Waals surface area contributed by atoms with Gasteiger partial charge < -0.3 is 4.74 Å². The Kier molecular flexibility index (Phi) is 2.88. The average Bonchev–Trinajstić information content (AvgIpc) is 2.82. The standard InChI is InChI=1S/C16H11FO2/c17-13-8-6-11(7-9-13)14-10-19-16(18)15(14)12-4-2-1-3-5-12/h1-9H,10H2. The summed E-state index contributed by atoms with van der Waals surface area (Å²) in [6.45, 7) is 0.231. The van der Waals surface area contributed by atoms with Gasteiger partial charge in [-0.05, 0) is 23.3 Å². The number of benzene rings is 2. The Hall–Kier alpha value is -2.42. The van der Waals surface area contributed by atoms with Crippen molar-refractivity contribution < 1.29 is 13.9 Å². The van der Waals surface area contributed by atoms with E-state index in [9.17, 15) is 9.18 Å². The van der Waals surface area contributed by atoms with E-state index in [-0.39, 0.29) is 18.4 Å². The summed E-state index contributed by atoms with van der Waals surface area (Å²) < 4.78 is 18.1. The quantitative estimate of drug-likeness (QED) is 0.769. The molecule has 0 amide bonds. The summed E-state index contributed by atoms with van der Waals surface area (Å²) in [4.78, 5) is 11.9. The van der Waals surface area contributed by atoms with Crippen molar-refractivity contribution in [1.82, 2.24) is 0 Å². The molecule has 0 spiro atoms. The van der Waals surface area contributed by atoms with Gasteiger partial charge in [0.1, 0.15) is 12.4 Å². The van der Waals surface area contributed by atoms with E-state index >= 15 is 0 Å². The Bertz CT molecular complexity index is 642. The topological polar surface area (TPSA) is 26.3 Å². The number of carbonyl (C=O) groups is 1. The van der Waals surface area contributed by atoms with Gasteiger partial charge in [-0.2, -0.15) is 0 Å². The smallest absolute Gasteiger partial charge is 0.339 e. The molecule has 0 radical (unpaired) electrons. The third-order valence-corrected chi connectivity index (χ3v) is 3.11. The van der Waals surface area contributed by atoms with E-state index in [0.29, 0.717) is 5.57 Å². The molecule has 0 atom stereocenters. The van der Waals surface area contributed by atoms with Crippen molar-refractivity contribution in [1.29, 1.82) is 0 Å². The van der Waals surface area contributed by atoms with E-state index in [0.717, 1.165) is 16.7 Å². The lowest BCUT2D eigenvalue weighted by Gasteiger charge is -2.04. The maximum absolute atomic E-state index is 13.0. The summed E-state index contributed by atoms with van der Waals surface area (Å²) in [5.74, 6) is -0.624. The molecule has 1 aliphatic heterocycles. The minimum atomic E-state index is -0.328. The van der Waals surface area contributed by atoms with Gasteiger partial charge >= 0.3 is 5.97 Å². The van der Waals surface area contributed by atoms with Crippen LogP contribution in [0.25, 0.3) is 11.1 Å². The number of carbonyl (C=O) groups excluding carboxylic acids is 1. The van der Waals surface area contributed by atoms with Crippen LogP contribution in [0.2, 0.25) is 0 Å². The number of esters is 1. The second kappa shape index (κ2) is 4.69. The van der Waals surface area contributed by atoms with Gasteiger partial charge in [0.2, 0.25) is 0 Å². The SMILES string of the molecule is O=C1OCC(c2ccc(F)cc2)=C1c1ccccc1. The minimum Gasteiger partial charge on any atom is -0.457 e. The van der Waals surface area contributed by atoms with Gasteiger partial charge in [0, 0.05) is 5.57 Å². The molecule has 19 heavy (non-hydrogen) atoms. The van der Waals surface area contributed by atoms with Crippen molar-refractivity contribution in [3.8, 4) is 0 Å². The summed E-state index contributed by atoms with van der Waals surface area (Å²) in [5.41, 5.74) is 3.00. The lowest BCUT2D eigenvalue weighted by molar-refractivity contribution is -0.133. The Labute approximate surface area is 110 Å². The predicted molar refractivity (Wildman–Crippen MR) is 70.6 cm³/mol. The van der Waals surface area contributed by atoms with E-state index in [1.165, 1.54) is 12.1 Å². The molecule has 0 saturated carbocycles. The van der Waals surface area contributed by atoms with E-state index in [4.69, 9.17) is 4.74 Å². The molecule has 0 aliphatic carbocycles. The van der Waals surface area contributed by atoms with Gasteiger partial charge in [0.05, 0.1) is 5.57 Å². The fraction of sp³-hybridized carbons (Fsp3) is 0.0625. The summed E-state index contributed by atoms with van der Waals surface area (Å²) in [6.07, 6.45) is 0. The van der Waals surface area contributed by atoms with E-state index in [1.54, 1.807) is 12.1 Å². The maximum atomic E-state index is 13.0. The Morgan fingerprint density at radius 2 is 1.58 bits per heavy atom. The first-order chi connectivity index (χ1) is 9.25. The first-order valence-corrected chi connectivity index (χ1v) is 5.97. The third-order valence-electron chi connectivity index (χ3n) is 3.11. The molecule has 1 heterocycles. The molecule has 3 heteroatoms. The highest BCUT2D eigenvalue weighted by atomic mass is 19.1. The highest BCUT2D eigenvalue weighted by Gasteiger charge is 2.26. The van der Waals surface area contributed by atoms with E-state index < -0.39 is 0 Å². The maximum Gasteiger partial charge on any atom is 0.339 e. The van der Waals surface area contributed by atoms with Crippen LogP contribution in [0.4, 0.5) is 4.39 Å². The predicted octanol–water partition coefficient (Wildman–Crippen LogP) is 3.29. The highest BCUT2D eigenvalue weighted by Crippen LogP contribution is 2.32.